The summed E-state index contributed by atoms with van der Waals surface area (Å²) in [6, 6.07) is 9.30. The van der Waals surface area contributed by atoms with Crippen molar-refractivity contribution in [1.82, 2.24) is 13.4 Å². The van der Waals surface area contributed by atoms with Crippen LogP contribution in [0.3, 0.4) is 0 Å². The third-order valence-corrected chi connectivity index (χ3v) is 5.82. The van der Waals surface area contributed by atoms with Crippen molar-refractivity contribution in [3.05, 3.63) is 52.0 Å². The molecule has 1 aromatic heterocycles. The average molecular weight is 337 g/mol. The predicted molar refractivity (Wildman–Crippen MR) is 83.8 cm³/mol. The number of fused-ring (bicyclic) bond motifs is 1. The number of benzene rings is 1. The molecule has 0 radical (unpaired) electrons. The number of aromatic nitrogens is 1. The normalized spacial score (nSPS) is 15.3. The van der Waals surface area contributed by atoms with Crippen LogP contribution < -0.4 is 4.72 Å². The molecule has 0 unspecified atom stereocenters. The van der Waals surface area contributed by atoms with Gasteiger partial charge in [0.05, 0.1) is 5.69 Å². The molecule has 0 bridgehead atoms. The summed E-state index contributed by atoms with van der Waals surface area (Å²) in [5, 5.41) is 0. The van der Waals surface area contributed by atoms with Crippen LogP contribution in [0.5, 0.6) is 0 Å². The third-order valence-electron chi connectivity index (χ3n) is 3.51. The Morgan fingerprint density at radius 3 is 2.73 bits per heavy atom. The highest BCUT2D eigenvalue weighted by Gasteiger charge is 2.28. The lowest BCUT2D eigenvalue weighted by atomic mass is 10.0. The zero-order chi connectivity index (χ0) is 15.7. The molecule has 1 aliphatic heterocycles. The molecule has 116 valence electrons. The van der Waals surface area contributed by atoms with Gasteiger partial charge in [0.25, 0.3) is 5.91 Å². The van der Waals surface area contributed by atoms with Crippen LogP contribution in [0, 0.1) is 6.92 Å². The van der Waals surface area contributed by atoms with E-state index in [1.165, 1.54) is 4.31 Å². The summed E-state index contributed by atoms with van der Waals surface area (Å²) in [5.74, 6) is -0.635. The van der Waals surface area contributed by atoms with Crippen molar-refractivity contribution in [2.75, 3.05) is 6.54 Å². The van der Waals surface area contributed by atoms with Crippen LogP contribution in [0.15, 0.2) is 30.3 Å². The molecule has 3 rings (SSSR count). The third kappa shape index (κ3) is 3.03. The zero-order valence-electron chi connectivity index (χ0n) is 11.9. The van der Waals surface area contributed by atoms with Crippen molar-refractivity contribution in [2.24, 2.45) is 0 Å². The van der Waals surface area contributed by atoms with Gasteiger partial charge in [-0.25, -0.2) is 4.72 Å². The van der Waals surface area contributed by atoms with Crippen molar-refractivity contribution < 1.29 is 13.2 Å². The van der Waals surface area contributed by atoms with Gasteiger partial charge in [-0.05, 0) is 42.1 Å². The van der Waals surface area contributed by atoms with Crippen molar-refractivity contribution in [3.8, 4) is 0 Å². The standard InChI is InChI=1S/C14H15N3O3S2/c1-10-8-13(21-15-10)14(18)16-22(19,20)17-7-6-11-4-2-3-5-12(11)9-17/h2-5,8H,6-7,9H2,1H3,(H,16,18). The molecule has 0 saturated carbocycles. The Morgan fingerprint density at radius 2 is 2.05 bits per heavy atom. The quantitative estimate of drug-likeness (QED) is 0.920. The van der Waals surface area contributed by atoms with Gasteiger partial charge in [0.2, 0.25) is 0 Å². The molecule has 1 aromatic carbocycles. The molecule has 0 spiro atoms. The largest absolute Gasteiger partial charge is 0.304 e. The van der Waals surface area contributed by atoms with Gasteiger partial charge in [0, 0.05) is 13.1 Å². The van der Waals surface area contributed by atoms with Crippen LogP contribution in [0.4, 0.5) is 0 Å². The molecule has 2 heterocycles. The van der Waals surface area contributed by atoms with Crippen molar-refractivity contribution >= 4 is 27.6 Å². The van der Waals surface area contributed by atoms with Crippen LogP contribution in [-0.2, 0) is 23.2 Å². The number of rotatable bonds is 3. The lowest BCUT2D eigenvalue weighted by Gasteiger charge is -2.27. The number of carbonyl (C=O) groups excluding carboxylic acids is 1. The second-order valence-electron chi connectivity index (χ2n) is 5.12. The number of carbonyl (C=O) groups is 1. The molecule has 0 aliphatic carbocycles. The Kier molecular flexibility index (Phi) is 3.98. The second-order valence-corrected chi connectivity index (χ2v) is 7.60. The lowest BCUT2D eigenvalue weighted by molar-refractivity contribution is 0.0982. The van der Waals surface area contributed by atoms with Gasteiger partial charge in [-0.2, -0.15) is 17.1 Å². The first-order valence-corrected chi connectivity index (χ1v) is 8.99. The smallest absolute Gasteiger partial charge is 0.267 e. The van der Waals surface area contributed by atoms with Crippen molar-refractivity contribution in [3.63, 3.8) is 0 Å². The fourth-order valence-electron chi connectivity index (χ4n) is 2.38. The van der Waals surface area contributed by atoms with Gasteiger partial charge in [0.1, 0.15) is 4.88 Å². The van der Waals surface area contributed by atoms with E-state index in [0.29, 0.717) is 23.5 Å². The maximum Gasteiger partial charge on any atom is 0.304 e. The number of nitrogens with one attached hydrogen (secondary N) is 1. The van der Waals surface area contributed by atoms with E-state index in [0.717, 1.165) is 22.7 Å². The molecule has 8 heteroatoms. The van der Waals surface area contributed by atoms with Crippen molar-refractivity contribution in [1.29, 1.82) is 0 Å². The van der Waals surface area contributed by atoms with E-state index in [2.05, 4.69) is 9.10 Å². The average Bonchev–Trinajstić information content (AvgIpc) is 2.93. The Hall–Kier alpha value is -1.77. The van der Waals surface area contributed by atoms with Gasteiger partial charge in [-0.1, -0.05) is 24.3 Å². The Balaban J connectivity index is 1.75. The van der Waals surface area contributed by atoms with E-state index >= 15 is 0 Å². The summed E-state index contributed by atoms with van der Waals surface area (Å²) in [4.78, 5) is 12.3. The second kappa shape index (κ2) is 5.79. The number of hydrogen-bond acceptors (Lipinski definition) is 5. The molecule has 22 heavy (non-hydrogen) atoms. The molecule has 0 fully saturated rings. The fourth-order valence-corrected chi connectivity index (χ4v) is 4.21. The van der Waals surface area contributed by atoms with Crippen LogP contribution in [0.1, 0.15) is 26.5 Å². The highest BCUT2D eigenvalue weighted by atomic mass is 32.2. The van der Waals surface area contributed by atoms with E-state index in [-0.39, 0.29) is 6.54 Å². The monoisotopic (exact) mass is 337 g/mol. The van der Waals surface area contributed by atoms with Gasteiger partial charge in [-0.15, -0.1) is 0 Å². The van der Waals surface area contributed by atoms with Crippen LogP contribution >= 0.6 is 11.5 Å². The number of aryl methyl sites for hydroxylation is 1. The summed E-state index contributed by atoms with van der Waals surface area (Å²) in [6.07, 6.45) is 0.644. The first kappa shape index (κ1) is 15.1. The maximum absolute atomic E-state index is 12.4. The minimum atomic E-state index is -3.85. The van der Waals surface area contributed by atoms with Crippen LogP contribution in [0.2, 0.25) is 0 Å². The predicted octanol–water partition coefficient (Wildman–Crippen LogP) is 1.48. The number of hydrogen-bond donors (Lipinski definition) is 1. The Morgan fingerprint density at radius 1 is 1.32 bits per heavy atom. The topological polar surface area (TPSA) is 79.4 Å². The Bertz CT molecular complexity index is 814. The van der Waals surface area contributed by atoms with Crippen LogP contribution in [0.25, 0.3) is 0 Å². The molecule has 0 saturated heterocycles. The fraction of sp³-hybridized carbons (Fsp3) is 0.286. The molecule has 2 aromatic rings. The molecular formula is C14H15N3O3S2. The van der Waals surface area contributed by atoms with E-state index in [1.807, 2.05) is 24.3 Å². The van der Waals surface area contributed by atoms with E-state index < -0.39 is 16.1 Å². The van der Waals surface area contributed by atoms with Gasteiger partial charge >= 0.3 is 10.2 Å². The first-order valence-electron chi connectivity index (χ1n) is 6.78. The molecule has 6 nitrogen and oxygen atoms in total. The van der Waals surface area contributed by atoms with Crippen molar-refractivity contribution in [2.45, 2.75) is 19.9 Å². The van der Waals surface area contributed by atoms with E-state index in [9.17, 15) is 13.2 Å². The molecule has 1 amide bonds. The summed E-state index contributed by atoms with van der Waals surface area (Å²) >= 11 is 0.989. The number of amides is 1. The molecule has 0 atom stereocenters. The molecule has 1 N–H and O–H groups in total. The molecular weight excluding hydrogens is 322 g/mol. The SMILES string of the molecule is Cc1cc(C(=O)NS(=O)(=O)N2CCc3ccccc3C2)sn1. The minimum Gasteiger partial charge on any atom is -0.267 e. The maximum atomic E-state index is 12.4. The summed E-state index contributed by atoms with van der Waals surface area (Å²) in [5.41, 5.74) is 2.82. The van der Waals surface area contributed by atoms with E-state index in [1.54, 1.807) is 13.0 Å². The number of nitrogens with zero attached hydrogens (tertiary/aromatic N) is 2. The summed E-state index contributed by atoms with van der Waals surface area (Å²) in [6.45, 7) is 2.39. The van der Waals surface area contributed by atoms with E-state index in [4.69, 9.17) is 0 Å². The van der Waals surface area contributed by atoms with Gasteiger partial charge in [0.15, 0.2) is 0 Å². The summed E-state index contributed by atoms with van der Waals surface area (Å²) in [7, 11) is -3.85. The Labute approximate surface area is 133 Å². The molecule has 1 aliphatic rings. The van der Waals surface area contributed by atoms with Gasteiger partial charge < -0.3 is 0 Å². The highest BCUT2D eigenvalue weighted by molar-refractivity contribution is 7.87. The first-order chi connectivity index (χ1) is 10.5. The highest BCUT2D eigenvalue weighted by Crippen LogP contribution is 2.20. The minimum absolute atomic E-state index is 0.278. The lowest BCUT2D eigenvalue weighted by Crippen LogP contribution is -2.45. The summed E-state index contributed by atoms with van der Waals surface area (Å²) < 4.78 is 32.1. The zero-order valence-corrected chi connectivity index (χ0v) is 13.6. The van der Waals surface area contributed by atoms with Crippen LogP contribution in [-0.4, -0.2) is 29.5 Å². The van der Waals surface area contributed by atoms with Gasteiger partial charge in [-0.3, -0.25) is 4.79 Å².